The molecule has 1 aromatic carbocycles. The van der Waals surface area contributed by atoms with Gasteiger partial charge in [-0.1, -0.05) is 6.07 Å². The van der Waals surface area contributed by atoms with Gasteiger partial charge in [-0.3, -0.25) is 4.68 Å². The average Bonchev–Trinajstić information content (AvgIpc) is 2.59. The Labute approximate surface area is 95.9 Å². The molecule has 0 unspecified atom stereocenters. The second-order valence-corrected chi connectivity index (χ2v) is 4.23. The Kier molecular flexibility index (Phi) is 2.86. The number of aryl methyl sites for hydroxylation is 1. The normalized spacial score (nSPS) is 10.6. The third-order valence-electron chi connectivity index (χ3n) is 2.25. The van der Waals surface area contributed by atoms with Crippen LogP contribution in [0.4, 0.5) is 4.39 Å². The van der Waals surface area contributed by atoms with Crippen molar-refractivity contribution < 1.29 is 4.39 Å². The van der Waals surface area contributed by atoms with E-state index in [0.29, 0.717) is 11.0 Å². The molecule has 0 spiro atoms. The van der Waals surface area contributed by atoms with E-state index in [0.717, 1.165) is 11.3 Å². The molecule has 0 amide bonds. The van der Waals surface area contributed by atoms with Gasteiger partial charge in [0, 0.05) is 11.9 Å². The summed E-state index contributed by atoms with van der Waals surface area (Å²) in [5.41, 5.74) is 2.12. The molecule has 2 aromatic rings. The smallest absolute Gasteiger partial charge is 0.137 e. The van der Waals surface area contributed by atoms with Crippen LogP contribution in [0.15, 0.2) is 34.9 Å². The lowest BCUT2D eigenvalue weighted by Crippen LogP contribution is -2.03. The van der Waals surface area contributed by atoms with Crippen LogP contribution in [0.2, 0.25) is 0 Å². The third-order valence-corrected chi connectivity index (χ3v) is 2.85. The molecule has 0 fully saturated rings. The van der Waals surface area contributed by atoms with Crippen molar-refractivity contribution in [3.8, 4) is 0 Å². The molecule has 78 valence electrons. The highest BCUT2D eigenvalue weighted by molar-refractivity contribution is 9.10. The largest absolute Gasteiger partial charge is 0.265 e. The molecule has 0 saturated carbocycles. The van der Waals surface area contributed by atoms with Crippen molar-refractivity contribution in [3.63, 3.8) is 0 Å². The molecule has 0 saturated heterocycles. The number of aromatic nitrogens is 2. The predicted molar refractivity (Wildman–Crippen MR) is 60.2 cm³/mol. The summed E-state index contributed by atoms with van der Waals surface area (Å²) < 4.78 is 15.4. The fourth-order valence-electron chi connectivity index (χ4n) is 1.38. The van der Waals surface area contributed by atoms with E-state index in [1.165, 1.54) is 6.07 Å². The Balaban J connectivity index is 2.25. The molecule has 0 N–H and O–H groups in total. The topological polar surface area (TPSA) is 17.8 Å². The first-order valence-corrected chi connectivity index (χ1v) is 5.38. The molecule has 0 radical (unpaired) electrons. The van der Waals surface area contributed by atoms with Crippen LogP contribution < -0.4 is 0 Å². The SMILES string of the molecule is Cc1ccnn1Cc1ccc(F)c(Br)c1. The van der Waals surface area contributed by atoms with Gasteiger partial charge < -0.3 is 0 Å². The minimum absolute atomic E-state index is 0.240. The van der Waals surface area contributed by atoms with E-state index in [1.54, 1.807) is 18.3 Å². The van der Waals surface area contributed by atoms with E-state index in [4.69, 9.17) is 0 Å². The quantitative estimate of drug-likeness (QED) is 0.819. The lowest BCUT2D eigenvalue weighted by molar-refractivity contribution is 0.616. The van der Waals surface area contributed by atoms with Gasteiger partial charge in [-0.25, -0.2) is 4.39 Å². The molecule has 1 heterocycles. The van der Waals surface area contributed by atoms with Crippen molar-refractivity contribution in [2.75, 3.05) is 0 Å². The Morgan fingerprint density at radius 2 is 2.20 bits per heavy atom. The summed E-state index contributed by atoms with van der Waals surface area (Å²) in [5, 5.41) is 4.17. The molecule has 0 aliphatic heterocycles. The molecule has 0 atom stereocenters. The second-order valence-electron chi connectivity index (χ2n) is 3.38. The Morgan fingerprint density at radius 3 is 2.80 bits per heavy atom. The van der Waals surface area contributed by atoms with Gasteiger partial charge in [0.25, 0.3) is 0 Å². The zero-order valence-corrected chi connectivity index (χ0v) is 9.83. The summed E-state index contributed by atoms with van der Waals surface area (Å²) in [6, 6.07) is 6.94. The van der Waals surface area contributed by atoms with Crippen molar-refractivity contribution in [3.05, 3.63) is 52.0 Å². The van der Waals surface area contributed by atoms with Crippen LogP contribution in [0.3, 0.4) is 0 Å². The van der Waals surface area contributed by atoms with Gasteiger partial charge in [0.05, 0.1) is 11.0 Å². The Hall–Kier alpha value is -1.16. The van der Waals surface area contributed by atoms with E-state index in [-0.39, 0.29) is 5.82 Å². The first-order chi connectivity index (χ1) is 7.16. The van der Waals surface area contributed by atoms with Gasteiger partial charge in [0.2, 0.25) is 0 Å². The third kappa shape index (κ3) is 2.26. The molecule has 2 nitrogen and oxygen atoms in total. The summed E-state index contributed by atoms with van der Waals surface area (Å²) >= 11 is 3.16. The highest BCUT2D eigenvalue weighted by Gasteiger charge is 2.02. The molecule has 2 rings (SSSR count). The van der Waals surface area contributed by atoms with Crippen LogP contribution in [0.1, 0.15) is 11.3 Å². The maximum absolute atomic E-state index is 13.0. The van der Waals surface area contributed by atoms with Crippen molar-refractivity contribution in [1.29, 1.82) is 0 Å². The summed E-state index contributed by atoms with van der Waals surface area (Å²) in [5.74, 6) is -0.240. The molecule has 0 bridgehead atoms. The van der Waals surface area contributed by atoms with Crippen LogP contribution in [-0.2, 0) is 6.54 Å². The maximum atomic E-state index is 13.0. The molecular weight excluding hydrogens is 259 g/mol. The molecule has 0 aliphatic rings. The zero-order valence-electron chi connectivity index (χ0n) is 8.24. The molecule has 0 aliphatic carbocycles. The van der Waals surface area contributed by atoms with Crippen LogP contribution in [0, 0.1) is 12.7 Å². The monoisotopic (exact) mass is 268 g/mol. The summed E-state index contributed by atoms with van der Waals surface area (Å²) in [4.78, 5) is 0. The number of benzene rings is 1. The standard InChI is InChI=1S/C11H10BrFN2/c1-8-4-5-14-15(8)7-9-2-3-11(13)10(12)6-9/h2-6H,7H2,1H3. The summed E-state index contributed by atoms with van der Waals surface area (Å²) in [7, 11) is 0. The first-order valence-electron chi connectivity index (χ1n) is 4.59. The highest BCUT2D eigenvalue weighted by Crippen LogP contribution is 2.17. The van der Waals surface area contributed by atoms with Crippen LogP contribution in [0.25, 0.3) is 0 Å². The van der Waals surface area contributed by atoms with Crippen molar-refractivity contribution in [1.82, 2.24) is 9.78 Å². The fraction of sp³-hybridized carbons (Fsp3) is 0.182. The van der Waals surface area contributed by atoms with E-state index in [2.05, 4.69) is 21.0 Å². The summed E-state index contributed by atoms with van der Waals surface area (Å²) in [6.07, 6.45) is 1.76. The maximum Gasteiger partial charge on any atom is 0.137 e. The minimum Gasteiger partial charge on any atom is -0.265 e. The number of hydrogen-bond acceptors (Lipinski definition) is 1. The van der Waals surface area contributed by atoms with E-state index in [1.807, 2.05) is 17.7 Å². The lowest BCUT2D eigenvalue weighted by Gasteiger charge is -2.05. The molecule has 15 heavy (non-hydrogen) atoms. The minimum atomic E-state index is -0.240. The summed E-state index contributed by atoms with van der Waals surface area (Å²) in [6.45, 7) is 2.66. The van der Waals surface area contributed by atoms with Crippen molar-refractivity contribution >= 4 is 15.9 Å². The van der Waals surface area contributed by atoms with Crippen LogP contribution in [-0.4, -0.2) is 9.78 Å². The second kappa shape index (κ2) is 4.14. The van der Waals surface area contributed by atoms with Gasteiger partial charge in [0.15, 0.2) is 0 Å². The molecule has 4 heteroatoms. The molecule has 1 aromatic heterocycles. The van der Waals surface area contributed by atoms with Crippen LogP contribution >= 0.6 is 15.9 Å². The zero-order chi connectivity index (χ0) is 10.8. The highest BCUT2D eigenvalue weighted by atomic mass is 79.9. The Bertz CT molecular complexity index is 479. The van der Waals surface area contributed by atoms with Gasteiger partial charge in [-0.05, 0) is 46.6 Å². The van der Waals surface area contributed by atoms with E-state index < -0.39 is 0 Å². The van der Waals surface area contributed by atoms with Gasteiger partial charge >= 0.3 is 0 Å². The van der Waals surface area contributed by atoms with E-state index in [9.17, 15) is 4.39 Å². The molecular formula is C11H10BrFN2. The number of halogens is 2. The number of rotatable bonds is 2. The number of nitrogens with zero attached hydrogens (tertiary/aromatic N) is 2. The first kappa shape index (κ1) is 10.4. The van der Waals surface area contributed by atoms with Gasteiger partial charge in [-0.2, -0.15) is 5.10 Å². The average molecular weight is 269 g/mol. The lowest BCUT2D eigenvalue weighted by atomic mass is 10.2. The van der Waals surface area contributed by atoms with E-state index >= 15 is 0 Å². The Morgan fingerprint density at radius 1 is 1.40 bits per heavy atom. The van der Waals surface area contributed by atoms with Crippen LogP contribution in [0.5, 0.6) is 0 Å². The number of hydrogen-bond donors (Lipinski definition) is 0. The van der Waals surface area contributed by atoms with Gasteiger partial charge in [0.1, 0.15) is 5.82 Å². The fourth-order valence-corrected chi connectivity index (χ4v) is 1.80. The predicted octanol–water partition coefficient (Wildman–Crippen LogP) is 3.14. The van der Waals surface area contributed by atoms with Gasteiger partial charge in [-0.15, -0.1) is 0 Å². The van der Waals surface area contributed by atoms with Crippen molar-refractivity contribution in [2.24, 2.45) is 0 Å². The van der Waals surface area contributed by atoms with Crippen molar-refractivity contribution in [2.45, 2.75) is 13.5 Å².